The minimum atomic E-state index is -3.36. The van der Waals surface area contributed by atoms with Crippen molar-refractivity contribution < 1.29 is 8.42 Å². The number of halogens is 2. The Bertz CT molecular complexity index is 460. The molecule has 0 amide bonds. The van der Waals surface area contributed by atoms with E-state index in [0.29, 0.717) is 13.0 Å². The van der Waals surface area contributed by atoms with Gasteiger partial charge < -0.3 is 5.32 Å². The van der Waals surface area contributed by atoms with Crippen molar-refractivity contribution in [3.05, 3.63) is 17.5 Å². The molecule has 1 N–H and O–H groups in total. The molecule has 0 spiro atoms. The van der Waals surface area contributed by atoms with Crippen LogP contribution in [0.15, 0.2) is 17.3 Å². The zero-order valence-corrected chi connectivity index (χ0v) is 10.6. The van der Waals surface area contributed by atoms with Crippen molar-refractivity contribution >= 4 is 33.8 Å². The third-order valence-electron chi connectivity index (χ3n) is 2.35. The van der Waals surface area contributed by atoms with E-state index >= 15 is 0 Å². The van der Waals surface area contributed by atoms with Crippen LogP contribution < -0.4 is 5.32 Å². The molecule has 1 aliphatic heterocycles. The van der Waals surface area contributed by atoms with Crippen molar-refractivity contribution in [2.75, 3.05) is 13.1 Å². The van der Waals surface area contributed by atoms with Crippen LogP contribution in [0.5, 0.6) is 0 Å². The van der Waals surface area contributed by atoms with Gasteiger partial charge in [0.15, 0.2) is 14.9 Å². The van der Waals surface area contributed by atoms with Gasteiger partial charge in [0.25, 0.3) is 0 Å². The number of aromatic nitrogens is 2. The average molecular weight is 284 g/mol. The van der Waals surface area contributed by atoms with E-state index < -0.39 is 15.1 Å². The summed E-state index contributed by atoms with van der Waals surface area (Å²) in [6.45, 7) is 1.20. The van der Waals surface area contributed by atoms with Crippen LogP contribution in [0.2, 0.25) is 5.28 Å². The number of nitrogens with zero attached hydrogens (tertiary/aromatic N) is 2. The van der Waals surface area contributed by atoms with Crippen LogP contribution in [0.25, 0.3) is 0 Å². The Hall–Kier alpha value is -0.430. The first-order valence-corrected chi connectivity index (χ1v) is 6.46. The summed E-state index contributed by atoms with van der Waals surface area (Å²) in [5, 5.41) is 2.58. The third kappa shape index (κ3) is 2.63. The summed E-state index contributed by atoms with van der Waals surface area (Å²) in [5.74, 6) is 0. The van der Waals surface area contributed by atoms with Gasteiger partial charge in [0.05, 0.1) is 5.25 Å². The summed E-state index contributed by atoms with van der Waals surface area (Å²) in [4.78, 5) is 7.38. The molecule has 2 rings (SSSR count). The molecule has 2 heterocycles. The summed E-state index contributed by atoms with van der Waals surface area (Å²) in [6, 6.07) is 1.37. The molecular formula is C8H11Cl2N3O2S. The maximum atomic E-state index is 12.0. The van der Waals surface area contributed by atoms with Crippen molar-refractivity contribution in [3.8, 4) is 0 Å². The Morgan fingerprint density at radius 1 is 1.50 bits per heavy atom. The molecule has 0 aliphatic carbocycles. The lowest BCUT2D eigenvalue weighted by molar-refractivity contribution is 0.578. The van der Waals surface area contributed by atoms with Crippen molar-refractivity contribution in [3.63, 3.8) is 0 Å². The summed E-state index contributed by atoms with van der Waals surface area (Å²) >= 11 is 5.56. The van der Waals surface area contributed by atoms with Crippen LogP contribution in [0, 0.1) is 0 Å². The molecule has 0 saturated carbocycles. The van der Waals surface area contributed by atoms with E-state index in [2.05, 4.69) is 15.3 Å². The summed E-state index contributed by atoms with van der Waals surface area (Å²) in [5.41, 5.74) is 0. The first kappa shape index (κ1) is 13.6. The first-order valence-electron chi connectivity index (χ1n) is 4.54. The molecule has 1 atom stereocenters. The minimum Gasteiger partial charge on any atom is -0.315 e. The van der Waals surface area contributed by atoms with Crippen molar-refractivity contribution in [2.24, 2.45) is 0 Å². The van der Waals surface area contributed by atoms with Gasteiger partial charge in [0, 0.05) is 12.7 Å². The fraction of sp³-hybridized carbons (Fsp3) is 0.500. The SMILES string of the molecule is Cl.O=S(=O)(c1ccnc(Cl)n1)[C@@H]1CCNC1. The summed E-state index contributed by atoms with van der Waals surface area (Å²) < 4.78 is 24.0. The third-order valence-corrected chi connectivity index (χ3v) is 4.62. The zero-order valence-electron chi connectivity index (χ0n) is 8.26. The van der Waals surface area contributed by atoms with Crippen LogP contribution in [0.3, 0.4) is 0 Å². The maximum absolute atomic E-state index is 12.0. The molecule has 1 aliphatic rings. The fourth-order valence-corrected chi connectivity index (χ4v) is 3.31. The van der Waals surface area contributed by atoms with Crippen LogP contribution >= 0.6 is 24.0 Å². The second-order valence-electron chi connectivity index (χ2n) is 3.32. The maximum Gasteiger partial charge on any atom is 0.223 e. The molecule has 90 valence electrons. The first-order chi connectivity index (χ1) is 7.10. The monoisotopic (exact) mass is 283 g/mol. The fourth-order valence-electron chi connectivity index (χ4n) is 1.54. The molecular weight excluding hydrogens is 273 g/mol. The molecule has 16 heavy (non-hydrogen) atoms. The van der Waals surface area contributed by atoms with E-state index in [1.54, 1.807) is 0 Å². The molecule has 0 aromatic carbocycles. The second-order valence-corrected chi connectivity index (χ2v) is 5.84. The van der Waals surface area contributed by atoms with Gasteiger partial charge in [-0.2, -0.15) is 0 Å². The van der Waals surface area contributed by atoms with Gasteiger partial charge in [0.2, 0.25) is 5.28 Å². The number of nitrogens with one attached hydrogen (secondary N) is 1. The lowest BCUT2D eigenvalue weighted by Crippen LogP contribution is -2.24. The summed E-state index contributed by atoms with van der Waals surface area (Å²) in [6.07, 6.45) is 1.97. The lowest BCUT2D eigenvalue weighted by atomic mass is 10.4. The van der Waals surface area contributed by atoms with Gasteiger partial charge in [-0.3, -0.25) is 0 Å². The van der Waals surface area contributed by atoms with Gasteiger partial charge in [-0.15, -0.1) is 12.4 Å². The van der Waals surface area contributed by atoms with Gasteiger partial charge in [0.1, 0.15) is 0 Å². The Morgan fingerprint density at radius 2 is 2.25 bits per heavy atom. The van der Waals surface area contributed by atoms with Crippen LogP contribution in [-0.2, 0) is 9.84 Å². The molecule has 1 fully saturated rings. The molecule has 8 heteroatoms. The highest BCUT2D eigenvalue weighted by atomic mass is 35.5. The zero-order chi connectivity index (χ0) is 10.9. The van der Waals surface area contributed by atoms with E-state index in [1.807, 2.05) is 0 Å². The van der Waals surface area contributed by atoms with Gasteiger partial charge >= 0.3 is 0 Å². The molecule has 0 bridgehead atoms. The number of hydrogen-bond acceptors (Lipinski definition) is 5. The van der Waals surface area contributed by atoms with Crippen molar-refractivity contribution in [1.82, 2.24) is 15.3 Å². The van der Waals surface area contributed by atoms with Crippen LogP contribution in [0.4, 0.5) is 0 Å². The number of sulfone groups is 1. The van der Waals surface area contributed by atoms with E-state index in [1.165, 1.54) is 12.3 Å². The van der Waals surface area contributed by atoms with Crippen LogP contribution in [-0.4, -0.2) is 36.7 Å². The van der Waals surface area contributed by atoms with Crippen molar-refractivity contribution in [2.45, 2.75) is 16.7 Å². The highest BCUT2D eigenvalue weighted by Gasteiger charge is 2.31. The Labute approximate surface area is 105 Å². The Morgan fingerprint density at radius 3 is 2.81 bits per heavy atom. The normalized spacial score (nSPS) is 20.4. The van der Waals surface area contributed by atoms with E-state index in [-0.39, 0.29) is 22.7 Å². The minimum absolute atomic E-state index is 0. The molecule has 5 nitrogen and oxygen atoms in total. The molecule has 1 aromatic heterocycles. The van der Waals surface area contributed by atoms with Crippen LogP contribution in [0.1, 0.15) is 6.42 Å². The Balaban J connectivity index is 0.00000128. The smallest absolute Gasteiger partial charge is 0.223 e. The molecule has 0 radical (unpaired) electrons. The average Bonchev–Trinajstić information content (AvgIpc) is 2.71. The lowest BCUT2D eigenvalue weighted by Gasteiger charge is -2.08. The standard InChI is InChI=1S/C8H10ClN3O2S.ClH/c9-8-11-4-2-7(12-8)15(13,14)6-1-3-10-5-6;/h2,4,6,10H,1,3,5H2;1H/t6-;/m1./s1. The van der Waals surface area contributed by atoms with Crippen molar-refractivity contribution in [1.29, 1.82) is 0 Å². The van der Waals surface area contributed by atoms with Gasteiger partial charge in [-0.05, 0) is 30.6 Å². The topological polar surface area (TPSA) is 72.0 Å². The van der Waals surface area contributed by atoms with E-state index in [9.17, 15) is 8.42 Å². The molecule has 1 aromatic rings. The predicted molar refractivity (Wildman–Crippen MR) is 62.8 cm³/mol. The largest absolute Gasteiger partial charge is 0.315 e. The highest BCUT2D eigenvalue weighted by molar-refractivity contribution is 7.92. The quantitative estimate of drug-likeness (QED) is 0.639. The predicted octanol–water partition coefficient (Wildman–Crippen LogP) is 0.687. The molecule has 0 unspecified atom stereocenters. The van der Waals surface area contributed by atoms with E-state index in [0.717, 1.165) is 6.54 Å². The van der Waals surface area contributed by atoms with E-state index in [4.69, 9.17) is 11.6 Å². The summed E-state index contributed by atoms with van der Waals surface area (Å²) in [7, 11) is -3.36. The van der Waals surface area contributed by atoms with Gasteiger partial charge in [-0.1, -0.05) is 0 Å². The second kappa shape index (κ2) is 5.27. The molecule has 1 saturated heterocycles. The Kier molecular flexibility index (Phi) is 4.49. The number of hydrogen-bond donors (Lipinski definition) is 1. The number of rotatable bonds is 2. The van der Waals surface area contributed by atoms with Gasteiger partial charge in [-0.25, -0.2) is 18.4 Å². The highest BCUT2D eigenvalue weighted by Crippen LogP contribution is 2.18.